The molecule has 43 heavy (non-hydrogen) atoms. The number of urea groups is 1. The number of carbonyl (C=O) groups excluding carboxylic acids is 2. The van der Waals surface area contributed by atoms with Crippen LogP contribution < -0.4 is 5.32 Å². The van der Waals surface area contributed by atoms with Crippen molar-refractivity contribution < 1.29 is 31.2 Å². The molecule has 228 valence electrons. The average Bonchev–Trinajstić information content (AvgIpc) is 3.01. The molecular formula is C31H33F3N4O4S. The quantitative estimate of drug-likeness (QED) is 0.419. The number of nitrogens with one attached hydrogen (secondary N) is 1. The van der Waals surface area contributed by atoms with Crippen LogP contribution in [-0.2, 0) is 27.4 Å². The van der Waals surface area contributed by atoms with Crippen molar-refractivity contribution in [2.45, 2.75) is 36.4 Å². The predicted molar refractivity (Wildman–Crippen MR) is 156 cm³/mol. The molecule has 1 atom stereocenters. The molecule has 0 bridgehead atoms. The minimum Gasteiger partial charge on any atom is -0.341 e. The van der Waals surface area contributed by atoms with Gasteiger partial charge < -0.3 is 15.1 Å². The van der Waals surface area contributed by atoms with Gasteiger partial charge in [0.15, 0.2) is 0 Å². The molecule has 1 N–H and O–H groups in total. The van der Waals surface area contributed by atoms with Gasteiger partial charge in [0, 0.05) is 38.4 Å². The molecule has 3 aromatic rings. The summed E-state index contributed by atoms with van der Waals surface area (Å²) in [6, 6.07) is 20.2. The van der Waals surface area contributed by atoms with Crippen molar-refractivity contribution in [2.75, 3.05) is 38.0 Å². The van der Waals surface area contributed by atoms with Crippen LogP contribution in [0.4, 0.5) is 23.7 Å². The number of halogens is 3. The molecular weight excluding hydrogens is 581 g/mol. The maximum Gasteiger partial charge on any atom is 0.416 e. The lowest BCUT2D eigenvalue weighted by Gasteiger charge is -2.42. The molecule has 2 heterocycles. The summed E-state index contributed by atoms with van der Waals surface area (Å²) in [6.07, 6.45) is -2.06. The van der Waals surface area contributed by atoms with E-state index in [0.29, 0.717) is 19.0 Å². The van der Waals surface area contributed by atoms with E-state index in [2.05, 4.69) is 17.4 Å². The van der Waals surface area contributed by atoms with Crippen molar-refractivity contribution in [1.29, 1.82) is 0 Å². The van der Waals surface area contributed by atoms with Crippen LogP contribution >= 0.6 is 0 Å². The first-order chi connectivity index (χ1) is 20.5. The van der Waals surface area contributed by atoms with Gasteiger partial charge in [-0.2, -0.15) is 17.5 Å². The second-order valence-corrected chi connectivity index (χ2v) is 12.7. The number of carbonyl (C=O) groups is 2. The minimum atomic E-state index is -4.51. The molecule has 0 radical (unpaired) electrons. The smallest absolute Gasteiger partial charge is 0.341 e. The van der Waals surface area contributed by atoms with E-state index >= 15 is 0 Å². The second-order valence-electron chi connectivity index (χ2n) is 10.9. The van der Waals surface area contributed by atoms with Crippen LogP contribution in [-0.4, -0.2) is 73.2 Å². The van der Waals surface area contributed by atoms with Crippen molar-refractivity contribution in [3.8, 4) is 0 Å². The molecule has 0 spiro atoms. The standard InChI is InChI=1S/C31H33F3N4O4S/c32-31(33,34)25-11-13-26(14-12-25)35-30(40)37-19-20-38(43(41,42)27-9-5-2-6-10-27)28(22-37)29(39)36-17-15-24(16-18-36)21-23-7-3-1-4-8-23/h1-14,24,28H,15-22H2,(H,35,40). The number of piperazine rings is 1. The number of nitrogens with zero attached hydrogens (tertiary/aromatic N) is 3. The Morgan fingerprint density at radius 3 is 2.00 bits per heavy atom. The number of amides is 3. The maximum atomic E-state index is 13.9. The van der Waals surface area contributed by atoms with Crippen LogP contribution in [0, 0.1) is 5.92 Å². The Hall–Kier alpha value is -3.90. The van der Waals surface area contributed by atoms with Gasteiger partial charge in [0.2, 0.25) is 15.9 Å². The van der Waals surface area contributed by atoms with E-state index in [4.69, 9.17) is 0 Å². The van der Waals surface area contributed by atoms with E-state index in [9.17, 15) is 31.2 Å². The number of rotatable bonds is 6. The van der Waals surface area contributed by atoms with E-state index in [-0.39, 0.29) is 36.1 Å². The van der Waals surface area contributed by atoms with E-state index in [1.165, 1.54) is 26.9 Å². The zero-order valence-corrected chi connectivity index (χ0v) is 24.2. The Balaban J connectivity index is 1.31. The third kappa shape index (κ3) is 7.19. The highest BCUT2D eigenvalue weighted by Crippen LogP contribution is 2.30. The summed E-state index contributed by atoms with van der Waals surface area (Å²) < 4.78 is 67.3. The summed E-state index contributed by atoms with van der Waals surface area (Å²) in [5.41, 5.74) is 0.540. The summed E-state index contributed by atoms with van der Waals surface area (Å²) >= 11 is 0. The fourth-order valence-electron chi connectivity index (χ4n) is 5.63. The number of likely N-dealkylation sites (tertiary alicyclic amines) is 1. The molecule has 8 nitrogen and oxygen atoms in total. The van der Waals surface area contributed by atoms with Crippen LogP contribution in [0.5, 0.6) is 0 Å². The van der Waals surface area contributed by atoms with Gasteiger partial charge in [-0.05, 0) is 67.1 Å². The second kappa shape index (κ2) is 12.8. The Morgan fingerprint density at radius 2 is 1.40 bits per heavy atom. The zero-order valence-electron chi connectivity index (χ0n) is 23.4. The Kier molecular flexibility index (Phi) is 9.07. The number of anilines is 1. The Bertz CT molecular complexity index is 1510. The molecule has 3 amide bonds. The van der Waals surface area contributed by atoms with Gasteiger partial charge in [-0.3, -0.25) is 4.79 Å². The first-order valence-electron chi connectivity index (χ1n) is 14.1. The Morgan fingerprint density at radius 1 is 0.791 bits per heavy atom. The first-order valence-corrected chi connectivity index (χ1v) is 15.6. The molecule has 0 aromatic heterocycles. The molecule has 2 fully saturated rings. The lowest BCUT2D eigenvalue weighted by molar-refractivity contribution is -0.138. The van der Waals surface area contributed by atoms with Gasteiger partial charge in [0.1, 0.15) is 6.04 Å². The van der Waals surface area contributed by atoms with E-state index in [0.717, 1.165) is 43.5 Å². The zero-order chi connectivity index (χ0) is 30.6. The summed E-state index contributed by atoms with van der Waals surface area (Å²) in [5, 5.41) is 2.57. The van der Waals surface area contributed by atoms with Gasteiger partial charge in [-0.25, -0.2) is 13.2 Å². The van der Waals surface area contributed by atoms with Crippen molar-refractivity contribution >= 4 is 27.6 Å². The Labute approximate surface area is 249 Å². The molecule has 12 heteroatoms. The van der Waals surface area contributed by atoms with Crippen molar-refractivity contribution in [3.63, 3.8) is 0 Å². The monoisotopic (exact) mass is 614 g/mol. The van der Waals surface area contributed by atoms with Crippen molar-refractivity contribution in [3.05, 3.63) is 96.1 Å². The lowest BCUT2D eigenvalue weighted by atomic mass is 9.90. The van der Waals surface area contributed by atoms with Crippen molar-refractivity contribution in [2.24, 2.45) is 5.92 Å². The van der Waals surface area contributed by atoms with Crippen LogP contribution in [0.1, 0.15) is 24.0 Å². The molecule has 2 aliphatic heterocycles. The highest BCUT2D eigenvalue weighted by molar-refractivity contribution is 7.89. The number of hydrogen-bond donors (Lipinski definition) is 1. The third-order valence-corrected chi connectivity index (χ3v) is 9.93. The van der Waals surface area contributed by atoms with Crippen LogP contribution in [0.2, 0.25) is 0 Å². The van der Waals surface area contributed by atoms with Gasteiger partial charge in [-0.1, -0.05) is 48.5 Å². The van der Waals surface area contributed by atoms with Gasteiger partial charge in [-0.15, -0.1) is 0 Å². The van der Waals surface area contributed by atoms with Crippen LogP contribution in [0.25, 0.3) is 0 Å². The first kappa shape index (κ1) is 30.6. The summed E-state index contributed by atoms with van der Waals surface area (Å²) in [6.45, 7) is 0.648. The van der Waals surface area contributed by atoms with Gasteiger partial charge >= 0.3 is 12.2 Å². The van der Waals surface area contributed by atoms with Crippen LogP contribution in [0.15, 0.2) is 89.8 Å². The fraction of sp³-hybridized carbons (Fsp3) is 0.355. The highest BCUT2D eigenvalue weighted by atomic mass is 32.2. The van der Waals surface area contributed by atoms with E-state index in [1.54, 1.807) is 23.1 Å². The van der Waals surface area contributed by atoms with Gasteiger partial charge in [0.25, 0.3) is 0 Å². The summed E-state index contributed by atoms with van der Waals surface area (Å²) in [5.74, 6) is 0.0256. The number of hydrogen-bond acceptors (Lipinski definition) is 4. The van der Waals surface area contributed by atoms with E-state index < -0.39 is 33.8 Å². The maximum absolute atomic E-state index is 13.9. The number of sulfonamides is 1. The summed E-state index contributed by atoms with van der Waals surface area (Å²) in [4.78, 5) is 30.1. The van der Waals surface area contributed by atoms with Gasteiger partial charge in [0.05, 0.1) is 10.5 Å². The molecule has 2 aliphatic rings. The molecule has 1 unspecified atom stereocenters. The normalized spacial score (nSPS) is 18.8. The molecule has 0 saturated carbocycles. The number of alkyl halides is 3. The minimum absolute atomic E-state index is 0.00145. The van der Waals surface area contributed by atoms with Crippen molar-refractivity contribution in [1.82, 2.24) is 14.1 Å². The molecule has 2 saturated heterocycles. The predicted octanol–water partition coefficient (Wildman–Crippen LogP) is 5.09. The van der Waals surface area contributed by atoms with E-state index in [1.807, 2.05) is 18.2 Å². The largest absolute Gasteiger partial charge is 0.416 e. The van der Waals surface area contributed by atoms with Crippen LogP contribution in [0.3, 0.4) is 0 Å². The highest BCUT2D eigenvalue weighted by Gasteiger charge is 2.43. The number of benzene rings is 3. The fourth-order valence-corrected chi connectivity index (χ4v) is 7.21. The SMILES string of the molecule is O=C(Nc1ccc(C(F)(F)F)cc1)N1CCN(S(=O)(=O)c2ccccc2)C(C(=O)N2CCC(Cc3ccccc3)CC2)C1. The molecule has 0 aliphatic carbocycles. The molecule has 5 rings (SSSR count). The molecule has 3 aromatic carbocycles. The number of piperidine rings is 1. The topological polar surface area (TPSA) is 90.0 Å². The third-order valence-electron chi connectivity index (χ3n) is 8.01. The average molecular weight is 615 g/mol. The summed E-state index contributed by atoms with van der Waals surface area (Å²) in [7, 11) is -4.05. The lowest BCUT2D eigenvalue weighted by Crippen LogP contribution is -2.62.